The zero-order valence-electron chi connectivity index (χ0n) is 8.45. The summed E-state index contributed by atoms with van der Waals surface area (Å²) in [7, 11) is 0. The number of nitrogens with one attached hydrogen (secondary N) is 2. The number of alkyl halides is 6. The number of rotatable bonds is 1. The van der Waals surface area contributed by atoms with Crippen molar-refractivity contribution in [1.82, 2.24) is 10.6 Å². The van der Waals surface area contributed by atoms with Crippen LogP contribution in [0.25, 0.3) is 0 Å². The van der Waals surface area contributed by atoms with E-state index in [1.54, 1.807) is 5.32 Å². The molecule has 100 valence electrons. The first-order valence-electron chi connectivity index (χ1n) is 4.78. The molecule has 0 aliphatic carbocycles. The summed E-state index contributed by atoms with van der Waals surface area (Å²) in [5.74, 6) is -2.13. The molecule has 0 spiro atoms. The van der Waals surface area contributed by atoms with Gasteiger partial charge >= 0.3 is 18.3 Å². The first kappa shape index (κ1) is 14.1. The van der Waals surface area contributed by atoms with Gasteiger partial charge in [-0.1, -0.05) is 0 Å². The molecule has 1 fully saturated rings. The highest BCUT2D eigenvalue weighted by Crippen LogP contribution is 2.26. The molecule has 3 nitrogen and oxygen atoms in total. The van der Waals surface area contributed by atoms with Crippen molar-refractivity contribution in [1.29, 1.82) is 0 Å². The third-order valence-corrected chi connectivity index (χ3v) is 2.40. The van der Waals surface area contributed by atoms with Crippen LogP contribution in [0.15, 0.2) is 0 Å². The average molecular weight is 264 g/mol. The quantitative estimate of drug-likeness (QED) is 0.702. The van der Waals surface area contributed by atoms with Crippen molar-refractivity contribution < 1.29 is 31.1 Å². The minimum absolute atomic E-state index is 0.140. The predicted octanol–water partition coefficient (Wildman–Crippen LogP) is 1.35. The lowest BCUT2D eigenvalue weighted by Gasteiger charge is -2.31. The number of halogens is 6. The fraction of sp³-hybridized carbons (Fsp3) is 0.875. The van der Waals surface area contributed by atoms with Gasteiger partial charge in [0.25, 0.3) is 0 Å². The van der Waals surface area contributed by atoms with Gasteiger partial charge in [-0.25, -0.2) is 0 Å². The van der Waals surface area contributed by atoms with Crippen LogP contribution in [-0.4, -0.2) is 36.9 Å². The number of piperidine rings is 1. The summed E-state index contributed by atoms with van der Waals surface area (Å²) in [6.07, 6.45) is -9.93. The third kappa shape index (κ3) is 4.06. The Morgan fingerprint density at radius 3 is 2.06 bits per heavy atom. The highest BCUT2D eigenvalue weighted by molar-refractivity contribution is 5.81. The zero-order chi connectivity index (χ0) is 13.3. The van der Waals surface area contributed by atoms with Crippen LogP contribution in [-0.2, 0) is 4.79 Å². The minimum Gasteiger partial charge on any atom is -0.344 e. The third-order valence-electron chi connectivity index (χ3n) is 2.40. The fourth-order valence-electron chi connectivity index (χ4n) is 1.53. The van der Waals surface area contributed by atoms with Gasteiger partial charge in [-0.2, -0.15) is 26.3 Å². The SMILES string of the molecule is O=C(NC1CCC(C(F)(F)F)NC1)C(F)(F)F. The molecular weight excluding hydrogens is 254 g/mol. The summed E-state index contributed by atoms with van der Waals surface area (Å²) >= 11 is 0. The molecule has 0 radical (unpaired) electrons. The predicted molar refractivity (Wildman–Crippen MR) is 45.1 cm³/mol. The lowest BCUT2D eigenvalue weighted by atomic mass is 10.0. The summed E-state index contributed by atoms with van der Waals surface area (Å²) in [6.45, 7) is -0.327. The maximum Gasteiger partial charge on any atom is 0.471 e. The van der Waals surface area contributed by atoms with Crippen LogP contribution in [0, 0.1) is 0 Å². The molecule has 1 amide bonds. The van der Waals surface area contributed by atoms with Gasteiger partial charge in [-0.05, 0) is 12.8 Å². The van der Waals surface area contributed by atoms with E-state index in [4.69, 9.17) is 0 Å². The number of carbonyl (C=O) groups excluding carboxylic acids is 1. The van der Waals surface area contributed by atoms with Crippen molar-refractivity contribution in [3.63, 3.8) is 0 Å². The summed E-state index contributed by atoms with van der Waals surface area (Å²) in [6, 6.07) is -2.65. The molecule has 1 heterocycles. The highest BCUT2D eigenvalue weighted by atomic mass is 19.4. The fourth-order valence-corrected chi connectivity index (χ4v) is 1.53. The normalized spacial score (nSPS) is 26.7. The van der Waals surface area contributed by atoms with Crippen LogP contribution in [0.4, 0.5) is 26.3 Å². The molecule has 9 heteroatoms. The van der Waals surface area contributed by atoms with Gasteiger partial charge in [-0.15, -0.1) is 0 Å². The first-order valence-corrected chi connectivity index (χ1v) is 4.78. The second kappa shape index (κ2) is 4.71. The Labute approximate surface area is 92.5 Å². The van der Waals surface area contributed by atoms with Crippen molar-refractivity contribution in [2.45, 2.75) is 37.3 Å². The Balaban J connectivity index is 2.41. The second-order valence-electron chi connectivity index (χ2n) is 3.75. The topological polar surface area (TPSA) is 41.1 Å². The molecule has 17 heavy (non-hydrogen) atoms. The lowest BCUT2D eigenvalue weighted by Crippen LogP contribution is -2.55. The van der Waals surface area contributed by atoms with E-state index in [1.165, 1.54) is 0 Å². The second-order valence-corrected chi connectivity index (χ2v) is 3.75. The van der Waals surface area contributed by atoms with E-state index in [0.717, 1.165) is 0 Å². The van der Waals surface area contributed by atoms with Crippen molar-refractivity contribution in [2.75, 3.05) is 6.54 Å². The van der Waals surface area contributed by atoms with Crippen molar-refractivity contribution >= 4 is 5.91 Å². The molecule has 1 rings (SSSR count). The van der Waals surface area contributed by atoms with E-state index in [-0.39, 0.29) is 19.4 Å². The number of hydrogen-bond donors (Lipinski definition) is 2. The van der Waals surface area contributed by atoms with E-state index < -0.39 is 30.3 Å². The Bertz CT molecular complexity index is 279. The average Bonchev–Trinajstić information content (AvgIpc) is 2.15. The summed E-state index contributed by atoms with van der Waals surface area (Å²) in [5.41, 5.74) is 0. The molecular formula is C8H10F6N2O. The van der Waals surface area contributed by atoms with Crippen LogP contribution >= 0.6 is 0 Å². The van der Waals surface area contributed by atoms with Gasteiger partial charge in [0.05, 0.1) is 0 Å². The lowest BCUT2D eigenvalue weighted by molar-refractivity contribution is -0.175. The molecule has 0 aromatic heterocycles. The van der Waals surface area contributed by atoms with Crippen LogP contribution in [0.2, 0.25) is 0 Å². The van der Waals surface area contributed by atoms with Crippen molar-refractivity contribution in [2.24, 2.45) is 0 Å². The van der Waals surface area contributed by atoms with Crippen molar-refractivity contribution in [3.05, 3.63) is 0 Å². The molecule has 2 atom stereocenters. The van der Waals surface area contributed by atoms with Crippen LogP contribution < -0.4 is 10.6 Å². The van der Waals surface area contributed by atoms with Gasteiger partial charge in [0.2, 0.25) is 0 Å². The molecule has 0 saturated carbocycles. The number of carbonyl (C=O) groups is 1. The summed E-state index contributed by atoms with van der Waals surface area (Å²) < 4.78 is 72.1. The van der Waals surface area contributed by atoms with Crippen LogP contribution in [0.1, 0.15) is 12.8 Å². The van der Waals surface area contributed by atoms with Gasteiger partial charge in [0, 0.05) is 12.6 Å². The largest absolute Gasteiger partial charge is 0.471 e. The molecule has 0 aromatic rings. The molecule has 1 aliphatic heterocycles. The van der Waals surface area contributed by atoms with Gasteiger partial charge in [-0.3, -0.25) is 4.79 Å². The minimum atomic E-state index is -5.01. The molecule has 0 bridgehead atoms. The van der Waals surface area contributed by atoms with Crippen molar-refractivity contribution in [3.8, 4) is 0 Å². The smallest absolute Gasteiger partial charge is 0.344 e. The highest BCUT2D eigenvalue weighted by Gasteiger charge is 2.44. The Morgan fingerprint density at radius 2 is 1.71 bits per heavy atom. The number of hydrogen-bond acceptors (Lipinski definition) is 2. The molecule has 2 unspecified atom stereocenters. The Kier molecular flexibility index (Phi) is 3.90. The van der Waals surface area contributed by atoms with E-state index in [9.17, 15) is 31.1 Å². The zero-order valence-corrected chi connectivity index (χ0v) is 8.45. The molecule has 0 aromatic carbocycles. The monoisotopic (exact) mass is 264 g/mol. The van der Waals surface area contributed by atoms with E-state index in [2.05, 4.69) is 5.32 Å². The first-order chi connectivity index (χ1) is 7.60. The van der Waals surface area contributed by atoms with Crippen LogP contribution in [0.3, 0.4) is 0 Å². The number of amides is 1. The molecule has 1 aliphatic rings. The summed E-state index contributed by atoms with van der Waals surface area (Å²) in [4.78, 5) is 10.5. The van der Waals surface area contributed by atoms with Crippen LogP contribution in [0.5, 0.6) is 0 Å². The van der Waals surface area contributed by atoms with Gasteiger partial charge in [0.1, 0.15) is 6.04 Å². The van der Waals surface area contributed by atoms with Gasteiger partial charge < -0.3 is 10.6 Å². The Hall–Kier alpha value is -0.990. The maximum absolute atomic E-state index is 12.2. The standard InChI is InChI=1S/C8H10F6N2O/c9-7(10,11)5-2-1-4(3-15-5)16-6(17)8(12,13)14/h4-5,15H,1-3H2,(H,16,17). The summed E-state index contributed by atoms with van der Waals surface area (Å²) in [5, 5.41) is 3.70. The molecule has 2 N–H and O–H groups in total. The van der Waals surface area contributed by atoms with E-state index >= 15 is 0 Å². The Morgan fingerprint density at radius 1 is 1.12 bits per heavy atom. The van der Waals surface area contributed by atoms with E-state index in [1.807, 2.05) is 0 Å². The maximum atomic E-state index is 12.2. The van der Waals surface area contributed by atoms with E-state index in [0.29, 0.717) is 0 Å². The molecule has 1 saturated heterocycles. The van der Waals surface area contributed by atoms with Gasteiger partial charge in [0.15, 0.2) is 0 Å².